The van der Waals surface area contributed by atoms with Crippen molar-refractivity contribution < 1.29 is 9.84 Å². The summed E-state index contributed by atoms with van der Waals surface area (Å²) in [5.74, 6) is 0.595. The molecule has 0 saturated carbocycles. The van der Waals surface area contributed by atoms with E-state index in [1.807, 2.05) is 0 Å². The van der Waals surface area contributed by atoms with E-state index in [0.717, 1.165) is 13.0 Å². The second-order valence-electron chi connectivity index (χ2n) is 8.58. The van der Waals surface area contributed by atoms with E-state index in [0.29, 0.717) is 30.0 Å². The predicted octanol–water partition coefficient (Wildman–Crippen LogP) is 5.86. The van der Waals surface area contributed by atoms with E-state index in [9.17, 15) is 5.11 Å². The molecular weight excluding hydrogens is 390 g/mol. The Balaban J connectivity index is 1.37. The average molecular weight is 434 g/mol. The summed E-state index contributed by atoms with van der Waals surface area (Å²) in [5, 5.41) is 10.3. The van der Waals surface area contributed by atoms with Gasteiger partial charge in [0.1, 0.15) is 11.6 Å². The Hall–Kier alpha value is -1.73. The van der Waals surface area contributed by atoms with Gasteiger partial charge in [0, 0.05) is 19.6 Å². The maximum Gasteiger partial charge on any atom is 0.163 e. The second kappa shape index (κ2) is 16.0. The van der Waals surface area contributed by atoms with E-state index in [4.69, 9.17) is 10.5 Å². The van der Waals surface area contributed by atoms with Gasteiger partial charge < -0.3 is 20.6 Å². The van der Waals surface area contributed by atoms with E-state index in [1.54, 1.807) is 0 Å². The molecular formula is C24H43N5O2. The van der Waals surface area contributed by atoms with Crippen molar-refractivity contribution in [3.8, 4) is 0 Å². The lowest BCUT2D eigenvalue weighted by atomic mass is 10.0. The zero-order valence-electron chi connectivity index (χ0n) is 19.4. The first kappa shape index (κ1) is 25.5. The monoisotopic (exact) mass is 433 g/mol. The number of nitrogens with two attached hydrogens (primary N) is 1. The quantitative estimate of drug-likeness (QED) is 0.239. The summed E-state index contributed by atoms with van der Waals surface area (Å²) in [7, 11) is 0. The Morgan fingerprint density at radius 2 is 1.45 bits per heavy atom. The van der Waals surface area contributed by atoms with Crippen LogP contribution in [0.15, 0.2) is 6.33 Å². The fraction of sp³-hybridized carbons (Fsp3) is 0.792. The maximum absolute atomic E-state index is 10.3. The Morgan fingerprint density at radius 3 is 2.06 bits per heavy atom. The molecule has 0 bridgehead atoms. The van der Waals surface area contributed by atoms with Crippen molar-refractivity contribution in [1.82, 2.24) is 19.9 Å². The molecule has 176 valence electrons. The number of hydrogen-bond acceptors (Lipinski definition) is 6. The van der Waals surface area contributed by atoms with Crippen LogP contribution in [-0.2, 0) is 4.74 Å². The van der Waals surface area contributed by atoms with Gasteiger partial charge in [-0.15, -0.1) is 0 Å². The number of ether oxygens (including phenoxy) is 1. The standard InChI is InChI=1S/C24H43N5O2/c1-2-3-4-5-6-7-8-9-10-11-12-13-14-15-17-31-18-16-20(30)23-28-22(25)21-24(29-23)27-19-26-21/h19-20,30H,2-18H2,1H3,(H3,25,26,27,28,29). The molecule has 0 aliphatic carbocycles. The summed E-state index contributed by atoms with van der Waals surface area (Å²) < 4.78 is 5.67. The lowest BCUT2D eigenvalue weighted by Crippen LogP contribution is -2.09. The Bertz CT molecular complexity index is 706. The Kier molecular flexibility index (Phi) is 13.2. The van der Waals surface area contributed by atoms with Crippen molar-refractivity contribution in [1.29, 1.82) is 0 Å². The van der Waals surface area contributed by atoms with Gasteiger partial charge >= 0.3 is 0 Å². The highest BCUT2D eigenvalue weighted by Gasteiger charge is 2.14. The van der Waals surface area contributed by atoms with Crippen LogP contribution < -0.4 is 5.73 Å². The molecule has 1 atom stereocenters. The molecule has 2 heterocycles. The third-order valence-corrected chi connectivity index (χ3v) is 5.80. The number of imidazole rings is 1. The molecule has 0 aromatic carbocycles. The van der Waals surface area contributed by atoms with Crippen LogP contribution >= 0.6 is 0 Å². The average Bonchev–Trinajstić information content (AvgIpc) is 3.25. The number of nitrogens with zero attached hydrogens (tertiary/aromatic N) is 3. The molecule has 2 aromatic rings. The van der Waals surface area contributed by atoms with Crippen molar-refractivity contribution in [2.75, 3.05) is 18.9 Å². The van der Waals surface area contributed by atoms with Gasteiger partial charge in [0.15, 0.2) is 17.3 Å². The third-order valence-electron chi connectivity index (χ3n) is 5.80. The van der Waals surface area contributed by atoms with Crippen molar-refractivity contribution in [3.63, 3.8) is 0 Å². The van der Waals surface area contributed by atoms with Gasteiger partial charge in [0.2, 0.25) is 0 Å². The van der Waals surface area contributed by atoms with Gasteiger partial charge in [-0.2, -0.15) is 0 Å². The molecule has 0 fully saturated rings. The van der Waals surface area contributed by atoms with Crippen LogP contribution in [0.1, 0.15) is 115 Å². The first-order chi connectivity index (χ1) is 15.2. The summed E-state index contributed by atoms with van der Waals surface area (Å²) in [6.45, 7) is 3.51. The number of aromatic nitrogens is 4. The fourth-order valence-corrected chi connectivity index (χ4v) is 3.85. The molecule has 2 rings (SSSR count). The van der Waals surface area contributed by atoms with Crippen LogP contribution in [0, 0.1) is 0 Å². The summed E-state index contributed by atoms with van der Waals surface area (Å²) in [5.41, 5.74) is 6.94. The van der Waals surface area contributed by atoms with Crippen LogP contribution in [-0.4, -0.2) is 38.3 Å². The fourth-order valence-electron chi connectivity index (χ4n) is 3.85. The number of anilines is 1. The zero-order chi connectivity index (χ0) is 22.2. The molecule has 0 aliphatic rings. The molecule has 0 saturated heterocycles. The van der Waals surface area contributed by atoms with Crippen molar-refractivity contribution in [3.05, 3.63) is 12.2 Å². The summed E-state index contributed by atoms with van der Waals surface area (Å²) >= 11 is 0. The number of unbranched alkanes of at least 4 members (excludes halogenated alkanes) is 13. The lowest BCUT2D eigenvalue weighted by molar-refractivity contribution is 0.0763. The smallest absolute Gasteiger partial charge is 0.163 e. The van der Waals surface area contributed by atoms with E-state index in [1.165, 1.54) is 89.8 Å². The van der Waals surface area contributed by atoms with Gasteiger partial charge in [-0.3, -0.25) is 0 Å². The second-order valence-corrected chi connectivity index (χ2v) is 8.58. The van der Waals surface area contributed by atoms with Crippen molar-refractivity contribution in [2.24, 2.45) is 0 Å². The number of H-pyrrole nitrogens is 1. The molecule has 31 heavy (non-hydrogen) atoms. The van der Waals surface area contributed by atoms with Crippen LogP contribution in [0.4, 0.5) is 5.82 Å². The Labute approximate surface area is 187 Å². The van der Waals surface area contributed by atoms with Gasteiger partial charge in [0.25, 0.3) is 0 Å². The van der Waals surface area contributed by atoms with E-state index in [-0.39, 0.29) is 5.82 Å². The highest BCUT2D eigenvalue weighted by molar-refractivity contribution is 5.80. The molecule has 0 spiro atoms. The van der Waals surface area contributed by atoms with E-state index >= 15 is 0 Å². The molecule has 1 unspecified atom stereocenters. The predicted molar refractivity (Wildman–Crippen MR) is 127 cm³/mol. The number of nitrogen functional groups attached to an aromatic ring is 1. The first-order valence-electron chi connectivity index (χ1n) is 12.4. The van der Waals surface area contributed by atoms with Gasteiger partial charge in [-0.05, 0) is 6.42 Å². The van der Waals surface area contributed by atoms with Gasteiger partial charge in [-0.1, -0.05) is 90.4 Å². The molecule has 0 amide bonds. The topological polar surface area (TPSA) is 110 Å². The van der Waals surface area contributed by atoms with Crippen LogP contribution in [0.3, 0.4) is 0 Å². The van der Waals surface area contributed by atoms with Gasteiger partial charge in [-0.25, -0.2) is 15.0 Å². The SMILES string of the molecule is CCCCCCCCCCCCCCCCOCCC(O)c1nc(N)c2nc[nH]c2n1. The minimum absolute atomic E-state index is 0.281. The first-order valence-corrected chi connectivity index (χ1v) is 12.4. The van der Waals surface area contributed by atoms with Crippen LogP contribution in [0.2, 0.25) is 0 Å². The number of rotatable bonds is 19. The molecule has 0 aliphatic heterocycles. The third kappa shape index (κ3) is 10.4. The largest absolute Gasteiger partial charge is 0.385 e. The van der Waals surface area contributed by atoms with Crippen molar-refractivity contribution in [2.45, 2.75) is 109 Å². The van der Waals surface area contributed by atoms with Crippen LogP contribution in [0.25, 0.3) is 11.2 Å². The molecule has 0 radical (unpaired) electrons. The molecule has 7 nitrogen and oxygen atoms in total. The highest BCUT2D eigenvalue weighted by atomic mass is 16.5. The van der Waals surface area contributed by atoms with E-state index < -0.39 is 6.10 Å². The molecule has 7 heteroatoms. The minimum Gasteiger partial charge on any atom is -0.385 e. The number of nitrogens with one attached hydrogen (secondary N) is 1. The Morgan fingerprint density at radius 1 is 0.871 bits per heavy atom. The normalized spacial score (nSPS) is 12.6. The maximum atomic E-state index is 10.3. The van der Waals surface area contributed by atoms with Crippen molar-refractivity contribution >= 4 is 17.0 Å². The van der Waals surface area contributed by atoms with Crippen LogP contribution in [0.5, 0.6) is 0 Å². The highest BCUT2D eigenvalue weighted by Crippen LogP contribution is 2.19. The zero-order valence-corrected chi connectivity index (χ0v) is 19.4. The van der Waals surface area contributed by atoms with E-state index in [2.05, 4.69) is 26.9 Å². The number of aliphatic hydroxyl groups is 1. The number of aromatic amines is 1. The lowest BCUT2D eigenvalue weighted by Gasteiger charge is -2.10. The summed E-state index contributed by atoms with van der Waals surface area (Å²) in [4.78, 5) is 15.4. The number of hydrogen-bond donors (Lipinski definition) is 3. The number of aliphatic hydroxyl groups excluding tert-OH is 1. The minimum atomic E-state index is -0.786. The molecule has 2 aromatic heterocycles. The molecule has 4 N–H and O–H groups in total. The summed E-state index contributed by atoms with van der Waals surface area (Å²) in [6, 6.07) is 0. The van der Waals surface area contributed by atoms with Gasteiger partial charge in [0.05, 0.1) is 6.33 Å². The number of fused-ring (bicyclic) bond motifs is 1. The summed E-state index contributed by atoms with van der Waals surface area (Å²) in [6.07, 6.45) is 20.1.